The number of rotatable bonds is 6. The SMILES string of the molecule is COC(=O)[C@@H](NC(=O)C(c1ccccc1)c1ccccc1)C1c2ccccc2-c2ccccc21. The second-order valence-electron chi connectivity index (χ2n) is 8.42. The lowest BCUT2D eigenvalue weighted by atomic mass is 9.87. The maximum absolute atomic E-state index is 13.8. The Morgan fingerprint density at radius 1 is 0.676 bits per heavy atom. The van der Waals surface area contributed by atoms with E-state index in [4.69, 9.17) is 4.74 Å². The summed E-state index contributed by atoms with van der Waals surface area (Å²) >= 11 is 0. The molecule has 4 aromatic carbocycles. The number of methoxy groups -OCH3 is 1. The van der Waals surface area contributed by atoms with Gasteiger partial charge in [0.2, 0.25) is 5.91 Å². The molecule has 0 aromatic heterocycles. The molecule has 1 atom stereocenters. The Morgan fingerprint density at radius 2 is 1.12 bits per heavy atom. The Hall–Kier alpha value is -4.18. The van der Waals surface area contributed by atoms with Gasteiger partial charge >= 0.3 is 5.97 Å². The van der Waals surface area contributed by atoms with Gasteiger partial charge in [0.1, 0.15) is 6.04 Å². The quantitative estimate of drug-likeness (QED) is 0.409. The van der Waals surface area contributed by atoms with Crippen molar-refractivity contribution < 1.29 is 14.3 Å². The second-order valence-corrected chi connectivity index (χ2v) is 8.42. The summed E-state index contributed by atoms with van der Waals surface area (Å²) in [5, 5.41) is 3.08. The van der Waals surface area contributed by atoms with Crippen LogP contribution in [0.5, 0.6) is 0 Å². The highest BCUT2D eigenvalue weighted by Gasteiger charge is 2.40. The third kappa shape index (κ3) is 3.88. The molecular weight excluding hydrogens is 422 g/mol. The first-order chi connectivity index (χ1) is 16.7. The first kappa shape index (κ1) is 21.7. The summed E-state index contributed by atoms with van der Waals surface area (Å²) in [7, 11) is 1.36. The molecule has 1 N–H and O–H groups in total. The van der Waals surface area contributed by atoms with Crippen molar-refractivity contribution in [1.29, 1.82) is 0 Å². The monoisotopic (exact) mass is 447 g/mol. The van der Waals surface area contributed by atoms with Crippen molar-refractivity contribution in [1.82, 2.24) is 5.32 Å². The molecule has 0 saturated carbocycles. The minimum Gasteiger partial charge on any atom is -0.467 e. The fourth-order valence-corrected chi connectivity index (χ4v) is 4.98. The number of benzene rings is 4. The predicted molar refractivity (Wildman–Crippen MR) is 132 cm³/mol. The van der Waals surface area contributed by atoms with Crippen molar-refractivity contribution >= 4 is 11.9 Å². The molecular formula is C30H25NO3. The Morgan fingerprint density at radius 3 is 1.59 bits per heavy atom. The molecule has 34 heavy (non-hydrogen) atoms. The zero-order chi connectivity index (χ0) is 23.5. The average molecular weight is 448 g/mol. The molecule has 0 heterocycles. The number of nitrogens with one attached hydrogen (secondary N) is 1. The average Bonchev–Trinajstić information content (AvgIpc) is 3.22. The van der Waals surface area contributed by atoms with Crippen molar-refractivity contribution in [3.05, 3.63) is 131 Å². The maximum Gasteiger partial charge on any atom is 0.329 e. The van der Waals surface area contributed by atoms with Crippen LogP contribution in [-0.4, -0.2) is 25.0 Å². The minimum absolute atomic E-state index is 0.241. The van der Waals surface area contributed by atoms with Crippen LogP contribution in [0, 0.1) is 0 Å². The molecule has 4 aromatic rings. The molecule has 5 rings (SSSR count). The van der Waals surface area contributed by atoms with Gasteiger partial charge in [-0.25, -0.2) is 4.79 Å². The van der Waals surface area contributed by atoms with Gasteiger partial charge in [0.15, 0.2) is 0 Å². The highest BCUT2D eigenvalue weighted by molar-refractivity contribution is 5.93. The third-order valence-electron chi connectivity index (χ3n) is 6.50. The number of carbonyl (C=O) groups is 2. The molecule has 4 nitrogen and oxygen atoms in total. The Balaban J connectivity index is 1.57. The summed E-state index contributed by atoms with van der Waals surface area (Å²) in [4.78, 5) is 26.9. The zero-order valence-electron chi connectivity index (χ0n) is 18.8. The largest absolute Gasteiger partial charge is 0.467 e. The number of hydrogen-bond acceptors (Lipinski definition) is 3. The third-order valence-corrected chi connectivity index (χ3v) is 6.50. The summed E-state index contributed by atoms with van der Waals surface area (Å²) in [5.41, 5.74) is 5.90. The second kappa shape index (κ2) is 9.36. The summed E-state index contributed by atoms with van der Waals surface area (Å²) in [6.45, 7) is 0. The Bertz CT molecular complexity index is 1230. The fourth-order valence-electron chi connectivity index (χ4n) is 4.98. The van der Waals surface area contributed by atoms with E-state index in [1.807, 2.05) is 97.1 Å². The number of amides is 1. The van der Waals surface area contributed by atoms with E-state index in [0.29, 0.717) is 0 Å². The lowest BCUT2D eigenvalue weighted by molar-refractivity contribution is -0.145. The van der Waals surface area contributed by atoms with E-state index < -0.39 is 17.9 Å². The van der Waals surface area contributed by atoms with Gasteiger partial charge in [0.05, 0.1) is 13.0 Å². The van der Waals surface area contributed by atoms with Crippen molar-refractivity contribution in [3.8, 4) is 11.1 Å². The zero-order valence-corrected chi connectivity index (χ0v) is 18.8. The van der Waals surface area contributed by atoms with Gasteiger partial charge in [-0.3, -0.25) is 4.79 Å². The topological polar surface area (TPSA) is 55.4 Å². The van der Waals surface area contributed by atoms with E-state index in [1.165, 1.54) is 7.11 Å². The number of esters is 1. The molecule has 0 unspecified atom stereocenters. The van der Waals surface area contributed by atoms with Gasteiger partial charge in [-0.15, -0.1) is 0 Å². The highest BCUT2D eigenvalue weighted by Crippen LogP contribution is 2.46. The van der Waals surface area contributed by atoms with Crippen molar-refractivity contribution in [2.45, 2.75) is 17.9 Å². The van der Waals surface area contributed by atoms with Gasteiger partial charge < -0.3 is 10.1 Å². The molecule has 4 heteroatoms. The van der Waals surface area contributed by atoms with Crippen LogP contribution in [0.15, 0.2) is 109 Å². The molecule has 0 radical (unpaired) electrons. The Kier molecular flexibility index (Phi) is 5.96. The number of carbonyl (C=O) groups excluding carboxylic acids is 2. The summed E-state index contributed by atoms with van der Waals surface area (Å²) in [6, 6.07) is 34.5. The standard InChI is InChI=1S/C30H25NO3/c1-34-30(33)28(27-24-18-10-8-16-22(24)23-17-9-11-19-25(23)27)31-29(32)26(20-12-4-2-5-13-20)21-14-6-3-7-15-21/h2-19,26-28H,1H3,(H,31,32)/t28-/m0/s1. The molecule has 0 saturated heterocycles. The smallest absolute Gasteiger partial charge is 0.329 e. The van der Waals surface area contributed by atoms with Crippen molar-refractivity contribution in [2.24, 2.45) is 0 Å². The molecule has 168 valence electrons. The highest BCUT2D eigenvalue weighted by atomic mass is 16.5. The van der Waals surface area contributed by atoms with Gasteiger partial charge in [-0.1, -0.05) is 109 Å². The molecule has 0 fully saturated rings. The first-order valence-corrected chi connectivity index (χ1v) is 11.4. The van der Waals surface area contributed by atoms with Crippen LogP contribution in [0.1, 0.15) is 34.1 Å². The van der Waals surface area contributed by atoms with Crippen molar-refractivity contribution in [2.75, 3.05) is 7.11 Å². The molecule has 0 aliphatic heterocycles. The number of ether oxygens (including phenoxy) is 1. The number of hydrogen-bond donors (Lipinski definition) is 1. The van der Waals surface area contributed by atoms with E-state index in [9.17, 15) is 9.59 Å². The van der Waals surface area contributed by atoms with E-state index in [2.05, 4.69) is 17.4 Å². The van der Waals surface area contributed by atoms with Crippen molar-refractivity contribution in [3.63, 3.8) is 0 Å². The maximum atomic E-state index is 13.8. The summed E-state index contributed by atoms with van der Waals surface area (Å²) in [5.74, 6) is -1.60. The lowest BCUT2D eigenvalue weighted by Crippen LogP contribution is -2.47. The van der Waals surface area contributed by atoms with Crippen LogP contribution in [0.3, 0.4) is 0 Å². The minimum atomic E-state index is -0.864. The van der Waals surface area contributed by atoms with Gasteiger partial charge in [0.25, 0.3) is 0 Å². The lowest BCUT2D eigenvalue weighted by Gasteiger charge is -2.27. The fraction of sp³-hybridized carbons (Fsp3) is 0.133. The molecule has 1 aliphatic rings. The van der Waals surface area contributed by atoms with Gasteiger partial charge in [0, 0.05) is 5.92 Å². The van der Waals surface area contributed by atoms with E-state index >= 15 is 0 Å². The van der Waals surface area contributed by atoms with Crippen LogP contribution in [-0.2, 0) is 14.3 Å². The summed E-state index contributed by atoms with van der Waals surface area (Å²) < 4.78 is 5.19. The van der Waals surface area contributed by atoms with Gasteiger partial charge in [-0.05, 0) is 33.4 Å². The Labute approximate surface area is 199 Å². The normalized spacial score (nSPS) is 13.1. The molecule has 0 spiro atoms. The van der Waals surface area contributed by atoms with Crippen LogP contribution in [0.4, 0.5) is 0 Å². The van der Waals surface area contributed by atoms with Crippen LogP contribution in [0.25, 0.3) is 11.1 Å². The summed E-state index contributed by atoms with van der Waals surface area (Å²) in [6.07, 6.45) is 0. The van der Waals surface area contributed by atoms with Crippen LogP contribution in [0.2, 0.25) is 0 Å². The van der Waals surface area contributed by atoms with Crippen LogP contribution < -0.4 is 5.32 Å². The molecule has 1 aliphatic carbocycles. The van der Waals surface area contributed by atoms with E-state index in [-0.39, 0.29) is 11.8 Å². The number of fused-ring (bicyclic) bond motifs is 3. The first-order valence-electron chi connectivity index (χ1n) is 11.4. The molecule has 1 amide bonds. The predicted octanol–water partition coefficient (Wildman–Crippen LogP) is 5.29. The molecule has 0 bridgehead atoms. The van der Waals surface area contributed by atoms with Gasteiger partial charge in [-0.2, -0.15) is 0 Å². The van der Waals surface area contributed by atoms with Crippen LogP contribution >= 0.6 is 0 Å². The van der Waals surface area contributed by atoms with E-state index in [0.717, 1.165) is 33.4 Å². The van der Waals surface area contributed by atoms with E-state index in [1.54, 1.807) is 0 Å².